The van der Waals surface area contributed by atoms with Crippen LogP contribution < -0.4 is 5.73 Å². The minimum absolute atomic E-state index is 0.244. The van der Waals surface area contributed by atoms with E-state index < -0.39 is 0 Å². The van der Waals surface area contributed by atoms with Crippen LogP contribution in [-0.4, -0.2) is 43.8 Å². The lowest BCUT2D eigenvalue weighted by Crippen LogP contribution is -2.47. The van der Waals surface area contributed by atoms with E-state index in [0.717, 1.165) is 13.1 Å². The number of ether oxygens (including phenoxy) is 1. The molecular formula is C7H16N2O. The zero-order chi connectivity index (χ0) is 7.56. The Balaban J connectivity index is 2.35. The molecule has 0 bridgehead atoms. The van der Waals surface area contributed by atoms with Crippen LogP contribution in [-0.2, 0) is 4.74 Å². The van der Waals surface area contributed by atoms with Gasteiger partial charge in [-0.25, -0.2) is 0 Å². The van der Waals surface area contributed by atoms with Crippen LogP contribution in [0, 0.1) is 0 Å². The number of hydrogen-bond acceptors (Lipinski definition) is 3. The normalized spacial score (nSPS) is 36.3. The van der Waals surface area contributed by atoms with Crippen LogP contribution >= 0.6 is 0 Å². The molecule has 1 unspecified atom stereocenters. The highest BCUT2D eigenvalue weighted by Gasteiger charge is 2.20. The first-order valence-corrected chi connectivity index (χ1v) is 3.76. The summed E-state index contributed by atoms with van der Waals surface area (Å²) >= 11 is 0. The van der Waals surface area contributed by atoms with Crippen LogP contribution in [0.4, 0.5) is 0 Å². The molecule has 2 atom stereocenters. The van der Waals surface area contributed by atoms with Crippen LogP contribution in [0.2, 0.25) is 0 Å². The number of likely N-dealkylation sites (N-methyl/N-ethyl adjacent to an activating group) is 1. The summed E-state index contributed by atoms with van der Waals surface area (Å²) in [7, 11) is 2.10. The van der Waals surface area contributed by atoms with Crippen LogP contribution in [0.15, 0.2) is 0 Å². The molecule has 3 heteroatoms. The summed E-state index contributed by atoms with van der Waals surface area (Å²) in [5, 5.41) is 0. The molecule has 0 spiro atoms. The molecule has 1 aliphatic heterocycles. The maximum Gasteiger partial charge on any atom is 0.0828 e. The minimum Gasteiger partial charge on any atom is -0.371 e. The second kappa shape index (κ2) is 3.32. The second-order valence-electron chi connectivity index (χ2n) is 3.03. The summed E-state index contributed by atoms with van der Waals surface area (Å²) < 4.78 is 5.54. The van der Waals surface area contributed by atoms with Crippen molar-refractivity contribution >= 4 is 0 Å². The second-order valence-corrected chi connectivity index (χ2v) is 3.03. The fourth-order valence-electron chi connectivity index (χ4n) is 1.41. The molecule has 1 saturated heterocycles. The monoisotopic (exact) mass is 144 g/mol. The van der Waals surface area contributed by atoms with Gasteiger partial charge in [0.25, 0.3) is 0 Å². The molecule has 0 saturated carbocycles. The van der Waals surface area contributed by atoms with E-state index in [0.29, 0.717) is 12.6 Å². The first-order chi connectivity index (χ1) is 4.72. The van der Waals surface area contributed by atoms with Gasteiger partial charge >= 0.3 is 0 Å². The Labute approximate surface area is 62.1 Å². The third kappa shape index (κ3) is 1.94. The average molecular weight is 144 g/mol. The lowest BCUT2D eigenvalue weighted by molar-refractivity contribution is -0.0644. The summed E-state index contributed by atoms with van der Waals surface area (Å²) in [6.07, 6.45) is 0.584. The van der Waals surface area contributed by atoms with E-state index >= 15 is 0 Å². The Kier molecular flexibility index (Phi) is 2.65. The SMILES string of the molecule is C[C@@H]1CN(C)CC(CN)O1. The number of morpholine rings is 1. The Bertz CT molecular complexity index is 97.8. The smallest absolute Gasteiger partial charge is 0.0828 e. The maximum absolute atomic E-state index is 5.54. The van der Waals surface area contributed by atoms with Crippen molar-refractivity contribution in [3.8, 4) is 0 Å². The maximum atomic E-state index is 5.54. The van der Waals surface area contributed by atoms with E-state index in [1.54, 1.807) is 0 Å². The van der Waals surface area contributed by atoms with Gasteiger partial charge in [-0.1, -0.05) is 0 Å². The third-order valence-corrected chi connectivity index (χ3v) is 1.77. The largest absolute Gasteiger partial charge is 0.371 e. The molecule has 0 radical (unpaired) electrons. The average Bonchev–Trinajstić information content (AvgIpc) is 1.85. The van der Waals surface area contributed by atoms with E-state index in [1.165, 1.54) is 0 Å². The lowest BCUT2D eigenvalue weighted by Gasteiger charge is -2.33. The van der Waals surface area contributed by atoms with Crippen molar-refractivity contribution in [1.82, 2.24) is 4.90 Å². The van der Waals surface area contributed by atoms with Crippen molar-refractivity contribution in [3.05, 3.63) is 0 Å². The van der Waals surface area contributed by atoms with E-state index in [2.05, 4.69) is 18.9 Å². The third-order valence-electron chi connectivity index (χ3n) is 1.77. The van der Waals surface area contributed by atoms with Crippen LogP contribution in [0.5, 0.6) is 0 Å². The molecule has 0 aromatic carbocycles. The van der Waals surface area contributed by atoms with E-state index in [-0.39, 0.29) is 6.10 Å². The van der Waals surface area contributed by atoms with Crippen molar-refractivity contribution in [3.63, 3.8) is 0 Å². The molecular weight excluding hydrogens is 128 g/mol. The molecule has 1 heterocycles. The zero-order valence-electron chi connectivity index (χ0n) is 6.71. The van der Waals surface area contributed by atoms with Crippen molar-refractivity contribution in [2.45, 2.75) is 19.1 Å². The van der Waals surface area contributed by atoms with E-state index in [1.807, 2.05) is 0 Å². The first kappa shape index (κ1) is 7.98. The fraction of sp³-hybridized carbons (Fsp3) is 1.00. The predicted octanol–water partition coefficient (Wildman–Crippen LogP) is -0.336. The lowest BCUT2D eigenvalue weighted by atomic mass is 10.2. The Hall–Kier alpha value is -0.120. The highest BCUT2D eigenvalue weighted by molar-refractivity contribution is 4.73. The van der Waals surface area contributed by atoms with Crippen molar-refractivity contribution in [1.29, 1.82) is 0 Å². The van der Waals surface area contributed by atoms with Crippen LogP contribution in [0.3, 0.4) is 0 Å². The van der Waals surface area contributed by atoms with Gasteiger partial charge in [0.05, 0.1) is 12.2 Å². The minimum atomic E-state index is 0.244. The van der Waals surface area contributed by atoms with Crippen LogP contribution in [0.25, 0.3) is 0 Å². The molecule has 1 fully saturated rings. The molecule has 2 N–H and O–H groups in total. The van der Waals surface area contributed by atoms with Gasteiger partial charge < -0.3 is 15.4 Å². The molecule has 0 amide bonds. The van der Waals surface area contributed by atoms with Gasteiger partial charge in [0.15, 0.2) is 0 Å². The van der Waals surface area contributed by atoms with Crippen LogP contribution in [0.1, 0.15) is 6.92 Å². The highest BCUT2D eigenvalue weighted by atomic mass is 16.5. The fourth-order valence-corrected chi connectivity index (χ4v) is 1.41. The molecule has 10 heavy (non-hydrogen) atoms. The number of hydrogen-bond donors (Lipinski definition) is 1. The van der Waals surface area contributed by atoms with Gasteiger partial charge in [0.1, 0.15) is 0 Å². The summed E-state index contributed by atoms with van der Waals surface area (Å²) in [4.78, 5) is 2.26. The van der Waals surface area contributed by atoms with E-state index in [9.17, 15) is 0 Å². The standard InChI is InChI=1S/C7H16N2O/c1-6-4-9(2)5-7(3-8)10-6/h6-7H,3-5,8H2,1-2H3/t6-,7?/m1/s1. The van der Waals surface area contributed by atoms with Crippen molar-refractivity contribution in [2.24, 2.45) is 5.73 Å². The van der Waals surface area contributed by atoms with Gasteiger partial charge in [0.2, 0.25) is 0 Å². The topological polar surface area (TPSA) is 38.5 Å². The van der Waals surface area contributed by atoms with Gasteiger partial charge in [-0.3, -0.25) is 0 Å². The zero-order valence-corrected chi connectivity index (χ0v) is 6.71. The molecule has 0 aromatic heterocycles. The molecule has 0 aromatic rings. The molecule has 1 aliphatic rings. The van der Waals surface area contributed by atoms with Gasteiger partial charge in [-0.2, -0.15) is 0 Å². The van der Waals surface area contributed by atoms with Crippen molar-refractivity contribution in [2.75, 3.05) is 26.7 Å². The Morgan fingerprint density at radius 3 is 2.80 bits per heavy atom. The first-order valence-electron chi connectivity index (χ1n) is 3.76. The summed E-state index contributed by atoms with van der Waals surface area (Å²) in [5.41, 5.74) is 5.48. The number of nitrogens with zero attached hydrogens (tertiary/aromatic N) is 1. The number of rotatable bonds is 1. The molecule has 60 valence electrons. The highest BCUT2D eigenvalue weighted by Crippen LogP contribution is 2.07. The summed E-state index contributed by atoms with van der Waals surface area (Å²) in [5.74, 6) is 0. The summed E-state index contributed by atoms with van der Waals surface area (Å²) in [6.45, 7) is 4.71. The molecule has 1 rings (SSSR count). The van der Waals surface area contributed by atoms with Gasteiger partial charge in [-0.05, 0) is 14.0 Å². The molecule has 3 nitrogen and oxygen atoms in total. The van der Waals surface area contributed by atoms with Gasteiger partial charge in [-0.15, -0.1) is 0 Å². The quantitative estimate of drug-likeness (QED) is 0.547. The van der Waals surface area contributed by atoms with Crippen molar-refractivity contribution < 1.29 is 4.74 Å². The Morgan fingerprint density at radius 1 is 1.60 bits per heavy atom. The molecule has 0 aliphatic carbocycles. The predicted molar refractivity (Wildman–Crippen MR) is 40.9 cm³/mol. The van der Waals surface area contributed by atoms with Gasteiger partial charge in [0, 0.05) is 19.6 Å². The summed E-state index contributed by atoms with van der Waals surface area (Å²) in [6, 6.07) is 0. The Morgan fingerprint density at radius 2 is 2.30 bits per heavy atom. The number of nitrogens with two attached hydrogens (primary N) is 1. The van der Waals surface area contributed by atoms with E-state index in [4.69, 9.17) is 10.5 Å².